The van der Waals surface area contributed by atoms with Crippen molar-refractivity contribution in [2.24, 2.45) is 16.6 Å². The summed E-state index contributed by atoms with van der Waals surface area (Å²) in [6.07, 6.45) is 7.41. The fourth-order valence-electron chi connectivity index (χ4n) is 5.68. The molecule has 30 heavy (non-hydrogen) atoms. The predicted molar refractivity (Wildman–Crippen MR) is 120 cm³/mol. The molecule has 2 saturated carbocycles. The molecule has 3 unspecified atom stereocenters. The van der Waals surface area contributed by atoms with Crippen LogP contribution >= 0.6 is 0 Å². The molecule has 5 heteroatoms. The maximum atomic E-state index is 12.3. The Morgan fingerprint density at radius 2 is 1.83 bits per heavy atom. The number of hydrogen-bond donors (Lipinski definition) is 2. The molecule has 168 valence electrons. The summed E-state index contributed by atoms with van der Waals surface area (Å²) in [6, 6.07) is 9.51. The van der Waals surface area contributed by atoms with E-state index < -0.39 is 0 Å². The highest BCUT2D eigenvalue weighted by molar-refractivity contribution is 5.89. The second-order valence-corrected chi connectivity index (χ2v) is 10.7. The Kier molecular flexibility index (Phi) is 7.26. The number of carbonyl (C=O) groups is 1. The minimum absolute atomic E-state index is 0.164. The third kappa shape index (κ3) is 6.05. The molecule has 3 rings (SSSR count). The fourth-order valence-corrected chi connectivity index (χ4v) is 5.68. The van der Waals surface area contributed by atoms with Crippen LogP contribution in [0.5, 0.6) is 0 Å². The average Bonchev–Trinajstić information content (AvgIpc) is 3.14. The van der Waals surface area contributed by atoms with Crippen molar-refractivity contribution in [1.29, 1.82) is 0 Å². The molecule has 0 heterocycles. The Labute approximate surface area is 182 Å². The Morgan fingerprint density at radius 1 is 1.17 bits per heavy atom. The normalized spacial score (nSPS) is 28.8. The van der Waals surface area contributed by atoms with E-state index in [2.05, 4.69) is 26.1 Å². The lowest BCUT2D eigenvalue weighted by atomic mass is 9.62. The van der Waals surface area contributed by atoms with Crippen molar-refractivity contribution in [3.63, 3.8) is 0 Å². The smallest absolute Gasteiger partial charge is 0.338 e. The van der Waals surface area contributed by atoms with Crippen LogP contribution in [0.25, 0.3) is 0 Å². The standard InChI is InChI=1S/C25H40N2O3/c1-19(30-22(28)20-10-6-5-7-11-20)16-29-25(12-8-9-13-25)27-21-14-23(2,3)17-24(4,15-21)18-26/h5-7,10-11,19,21,27H,8-9,12-18,26H2,1-4H3. The van der Waals surface area contributed by atoms with Crippen LogP contribution in [0.1, 0.15) is 83.0 Å². The van der Waals surface area contributed by atoms with Gasteiger partial charge in [0.05, 0.1) is 12.2 Å². The van der Waals surface area contributed by atoms with Crippen LogP contribution in [0.3, 0.4) is 0 Å². The van der Waals surface area contributed by atoms with Gasteiger partial charge in [-0.15, -0.1) is 0 Å². The van der Waals surface area contributed by atoms with Crippen LogP contribution in [0.2, 0.25) is 0 Å². The van der Waals surface area contributed by atoms with Crippen molar-refractivity contribution in [3.05, 3.63) is 35.9 Å². The van der Waals surface area contributed by atoms with Crippen LogP contribution in [0.4, 0.5) is 0 Å². The topological polar surface area (TPSA) is 73.6 Å². The first-order valence-electron chi connectivity index (χ1n) is 11.5. The highest BCUT2D eigenvalue weighted by atomic mass is 16.6. The Hall–Kier alpha value is -1.43. The predicted octanol–water partition coefficient (Wildman–Crippen LogP) is 4.65. The lowest BCUT2D eigenvalue weighted by Crippen LogP contribution is -2.56. The van der Waals surface area contributed by atoms with E-state index in [9.17, 15) is 4.79 Å². The van der Waals surface area contributed by atoms with Gasteiger partial charge in [-0.3, -0.25) is 5.32 Å². The Bertz CT molecular complexity index is 700. The summed E-state index contributed by atoms with van der Waals surface area (Å²) in [5.41, 5.74) is 6.83. The van der Waals surface area contributed by atoms with Crippen molar-refractivity contribution >= 4 is 5.97 Å². The van der Waals surface area contributed by atoms with Crippen molar-refractivity contribution in [3.8, 4) is 0 Å². The minimum Gasteiger partial charge on any atom is -0.457 e. The zero-order chi connectivity index (χ0) is 21.8. The van der Waals surface area contributed by atoms with Gasteiger partial charge in [0.25, 0.3) is 0 Å². The van der Waals surface area contributed by atoms with Crippen LogP contribution in [-0.4, -0.2) is 37.0 Å². The maximum Gasteiger partial charge on any atom is 0.338 e. The van der Waals surface area contributed by atoms with Gasteiger partial charge >= 0.3 is 5.97 Å². The van der Waals surface area contributed by atoms with Gasteiger partial charge in [0.15, 0.2) is 0 Å². The third-order valence-electron chi connectivity index (χ3n) is 6.73. The molecule has 2 aliphatic rings. The molecule has 0 bridgehead atoms. The quantitative estimate of drug-likeness (QED) is 0.477. The van der Waals surface area contributed by atoms with Gasteiger partial charge in [0, 0.05) is 6.04 Å². The summed E-state index contributed by atoms with van der Waals surface area (Å²) in [7, 11) is 0. The highest BCUT2D eigenvalue weighted by Gasteiger charge is 2.44. The molecule has 1 aromatic rings. The molecule has 2 fully saturated rings. The number of nitrogens with one attached hydrogen (secondary N) is 1. The van der Waals surface area contributed by atoms with Gasteiger partial charge < -0.3 is 15.2 Å². The molecule has 0 amide bonds. The summed E-state index contributed by atoms with van der Waals surface area (Å²) in [6.45, 7) is 10.0. The highest BCUT2D eigenvalue weighted by Crippen LogP contribution is 2.46. The molecule has 0 aliphatic heterocycles. The van der Waals surface area contributed by atoms with Crippen LogP contribution in [0, 0.1) is 10.8 Å². The average molecular weight is 417 g/mol. The molecule has 2 aliphatic carbocycles. The van der Waals surface area contributed by atoms with Gasteiger partial charge in [-0.1, -0.05) is 39.0 Å². The van der Waals surface area contributed by atoms with Crippen LogP contribution in [0.15, 0.2) is 30.3 Å². The SMILES string of the molecule is CC(COC1(NC2CC(C)(C)CC(C)(CN)C2)CCCC1)OC(=O)c1ccccc1. The number of hydrogen-bond acceptors (Lipinski definition) is 5. The summed E-state index contributed by atoms with van der Waals surface area (Å²) in [5.74, 6) is -0.298. The molecule has 5 nitrogen and oxygen atoms in total. The Morgan fingerprint density at radius 3 is 2.47 bits per heavy atom. The van der Waals surface area contributed by atoms with E-state index >= 15 is 0 Å². The zero-order valence-corrected chi connectivity index (χ0v) is 19.2. The summed E-state index contributed by atoms with van der Waals surface area (Å²) in [4.78, 5) is 12.3. The van der Waals surface area contributed by atoms with Crippen molar-refractivity contribution in [2.75, 3.05) is 13.2 Å². The Balaban J connectivity index is 1.59. The molecule has 0 radical (unpaired) electrons. The van der Waals surface area contributed by atoms with E-state index in [0.717, 1.165) is 51.5 Å². The zero-order valence-electron chi connectivity index (χ0n) is 19.2. The van der Waals surface area contributed by atoms with Gasteiger partial charge in [-0.05, 0) is 81.4 Å². The number of ether oxygens (including phenoxy) is 2. The molecular weight excluding hydrogens is 376 g/mol. The minimum atomic E-state index is -0.318. The number of esters is 1. The molecule has 0 spiro atoms. The van der Waals surface area contributed by atoms with Crippen molar-refractivity contribution in [2.45, 2.75) is 90.5 Å². The number of nitrogens with two attached hydrogens (primary N) is 1. The second kappa shape index (κ2) is 9.37. The second-order valence-electron chi connectivity index (χ2n) is 10.7. The fraction of sp³-hybridized carbons (Fsp3) is 0.720. The van der Waals surface area contributed by atoms with E-state index in [-0.39, 0.29) is 28.6 Å². The van der Waals surface area contributed by atoms with E-state index in [4.69, 9.17) is 15.2 Å². The first-order valence-corrected chi connectivity index (χ1v) is 11.5. The van der Waals surface area contributed by atoms with Gasteiger partial charge in [0.1, 0.15) is 11.8 Å². The first kappa shape index (κ1) is 23.2. The van der Waals surface area contributed by atoms with E-state index in [1.54, 1.807) is 12.1 Å². The molecule has 0 saturated heterocycles. The van der Waals surface area contributed by atoms with Gasteiger partial charge in [-0.25, -0.2) is 4.79 Å². The summed E-state index contributed by atoms with van der Waals surface area (Å²) < 4.78 is 12.0. The molecule has 1 aromatic carbocycles. The lowest BCUT2D eigenvalue weighted by molar-refractivity contribution is -0.109. The first-order chi connectivity index (χ1) is 14.1. The third-order valence-corrected chi connectivity index (χ3v) is 6.73. The monoisotopic (exact) mass is 416 g/mol. The van der Waals surface area contributed by atoms with E-state index in [1.165, 1.54) is 0 Å². The molecule has 0 aromatic heterocycles. The molecule has 3 N–H and O–H groups in total. The number of benzene rings is 1. The summed E-state index contributed by atoms with van der Waals surface area (Å²) in [5, 5.41) is 3.90. The molecule has 3 atom stereocenters. The molecular formula is C25H40N2O3. The van der Waals surface area contributed by atoms with Gasteiger partial charge in [0.2, 0.25) is 0 Å². The lowest BCUT2D eigenvalue weighted by Gasteiger charge is -2.49. The largest absolute Gasteiger partial charge is 0.457 e. The van der Waals surface area contributed by atoms with Crippen molar-refractivity contribution < 1.29 is 14.3 Å². The number of carbonyl (C=O) groups excluding carboxylic acids is 1. The van der Waals surface area contributed by atoms with Crippen LogP contribution in [-0.2, 0) is 9.47 Å². The van der Waals surface area contributed by atoms with E-state index in [1.807, 2.05) is 25.1 Å². The van der Waals surface area contributed by atoms with E-state index in [0.29, 0.717) is 18.2 Å². The van der Waals surface area contributed by atoms with Crippen molar-refractivity contribution in [1.82, 2.24) is 5.32 Å². The van der Waals surface area contributed by atoms with Crippen LogP contribution < -0.4 is 11.1 Å². The summed E-state index contributed by atoms with van der Waals surface area (Å²) >= 11 is 0. The maximum absolute atomic E-state index is 12.3. The van der Waals surface area contributed by atoms with Gasteiger partial charge in [-0.2, -0.15) is 0 Å². The number of rotatable bonds is 8.